The zero-order valence-corrected chi connectivity index (χ0v) is 10.1. The van der Waals surface area contributed by atoms with Gasteiger partial charge < -0.3 is 5.11 Å². The average Bonchev–Trinajstić information content (AvgIpc) is 2.27. The van der Waals surface area contributed by atoms with Crippen LogP contribution in [-0.4, -0.2) is 10.7 Å². The monoisotopic (exact) mass is 198 g/mol. The second-order valence-electron chi connectivity index (χ2n) is 5.69. The van der Waals surface area contributed by atoms with E-state index < -0.39 is 0 Å². The molecule has 0 amide bonds. The van der Waals surface area contributed by atoms with Crippen LogP contribution in [0.3, 0.4) is 0 Å². The van der Waals surface area contributed by atoms with Gasteiger partial charge in [-0.15, -0.1) is 0 Å². The second kappa shape index (κ2) is 5.16. The zero-order chi connectivity index (χ0) is 10.6. The summed E-state index contributed by atoms with van der Waals surface area (Å²) in [6.45, 7) is 6.79. The van der Waals surface area contributed by atoms with E-state index in [9.17, 15) is 5.11 Å². The van der Waals surface area contributed by atoms with E-state index in [4.69, 9.17) is 0 Å². The van der Waals surface area contributed by atoms with E-state index >= 15 is 0 Å². The van der Waals surface area contributed by atoms with Crippen molar-refractivity contribution in [1.82, 2.24) is 0 Å². The Hall–Kier alpha value is -0.0400. The molecule has 2 unspecified atom stereocenters. The summed E-state index contributed by atoms with van der Waals surface area (Å²) in [6.07, 6.45) is 7.99. The Morgan fingerprint density at radius 1 is 1.29 bits per heavy atom. The van der Waals surface area contributed by atoms with E-state index in [0.717, 1.165) is 31.1 Å². The van der Waals surface area contributed by atoms with Crippen molar-refractivity contribution in [3.05, 3.63) is 0 Å². The van der Waals surface area contributed by atoms with Gasteiger partial charge in [-0.25, -0.2) is 0 Å². The maximum atomic E-state index is 10.4. The highest BCUT2D eigenvalue weighted by Crippen LogP contribution is 2.33. The normalized spacial score (nSPS) is 34.5. The predicted molar refractivity (Wildman–Crippen MR) is 61.3 cm³/mol. The summed E-state index contributed by atoms with van der Waals surface area (Å²) in [5, 5.41) is 10.4. The Balaban J connectivity index is 2.38. The van der Waals surface area contributed by atoms with E-state index in [1.54, 1.807) is 0 Å². The minimum Gasteiger partial charge on any atom is -0.390 e. The number of aliphatic hydroxyl groups is 1. The van der Waals surface area contributed by atoms with Crippen LogP contribution in [0.25, 0.3) is 0 Å². The smallest absolute Gasteiger partial charge is 0.0648 e. The first-order valence-corrected chi connectivity index (χ1v) is 6.24. The molecule has 0 radical (unpaired) electrons. The Morgan fingerprint density at radius 2 is 2.00 bits per heavy atom. The van der Waals surface area contributed by atoms with Gasteiger partial charge in [0.1, 0.15) is 0 Å². The third-order valence-electron chi connectivity index (χ3n) is 3.63. The summed E-state index contributed by atoms with van der Waals surface area (Å²) in [4.78, 5) is 0. The van der Waals surface area contributed by atoms with Gasteiger partial charge in [-0.05, 0) is 43.9 Å². The molecule has 2 atom stereocenters. The Kier molecular flexibility index (Phi) is 4.43. The highest BCUT2D eigenvalue weighted by Gasteiger charge is 2.29. The van der Waals surface area contributed by atoms with Crippen molar-refractivity contribution < 1.29 is 5.11 Å². The van der Waals surface area contributed by atoms with Gasteiger partial charge in [-0.3, -0.25) is 0 Å². The molecule has 1 N–H and O–H groups in total. The molecule has 84 valence electrons. The van der Waals surface area contributed by atoms with Crippen molar-refractivity contribution in [3.8, 4) is 0 Å². The molecular formula is C13H26O. The van der Waals surface area contributed by atoms with E-state index in [-0.39, 0.29) is 5.60 Å². The lowest BCUT2D eigenvalue weighted by molar-refractivity contribution is 0.0108. The number of hydrogen-bond acceptors (Lipinski definition) is 1. The highest BCUT2D eigenvalue weighted by molar-refractivity contribution is 4.82. The molecule has 0 saturated heterocycles. The molecule has 1 heteroatoms. The van der Waals surface area contributed by atoms with Crippen molar-refractivity contribution in [2.24, 2.45) is 11.8 Å². The van der Waals surface area contributed by atoms with Gasteiger partial charge in [0.25, 0.3) is 0 Å². The fourth-order valence-electron chi connectivity index (χ4n) is 2.37. The van der Waals surface area contributed by atoms with Crippen molar-refractivity contribution >= 4 is 0 Å². The van der Waals surface area contributed by atoms with Crippen LogP contribution in [-0.2, 0) is 0 Å². The van der Waals surface area contributed by atoms with Gasteiger partial charge in [-0.2, -0.15) is 0 Å². The van der Waals surface area contributed by atoms with Crippen molar-refractivity contribution in [1.29, 1.82) is 0 Å². The molecule has 0 aromatic rings. The molecule has 0 aliphatic heterocycles. The number of hydrogen-bond donors (Lipinski definition) is 1. The molecular weight excluding hydrogens is 172 g/mol. The average molecular weight is 198 g/mol. The van der Waals surface area contributed by atoms with E-state index in [2.05, 4.69) is 20.8 Å². The molecule has 0 aromatic carbocycles. The summed E-state index contributed by atoms with van der Waals surface area (Å²) in [5.74, 6) is 1.54. The van der Waals surface area contributed by atoms with Gasteiger partial charge in [-0.1, -0.05) is 33.6 Å². The summed E-state index contributed by atoms with van der Waals surface area (Å²) in [5.41, 5.74) is -0.324. The van der Waals surface area contributed by atoms with Crippen LogP contribution < -0.4 is 0 Å². The fourth-order valence-corrected chi connectivity index (χ4v) is 2.37. The van der Waals surface area contributed by atoms with Crippen molar-refractivity contribution in [3.63, 3.8) is 0 Å². The predicted octanol–water partition coefficient (Wildman–Crippen LogP) is 3.75. The zero-order valence-electron chi connectivity index (χ0n) is 10.1. The van der Waals surface area contributed by atoms with Crippen molar-refractivity contribution in [2.45, 2.75) is 71.3 Å². The third-order valence-corrected chi connectivity index (χ3v) is 3.63. The van der Waals surface area contributed by atoms with Crippen LogP contribution in [0.1, 0.15) is 65.7 Å². The molecule has 0 bridgehead atoms. The lowest BCUT2D eigenvalue weighted by atomic mass is 9.87. The summed E-state index contributed by atoms with van der Waals surface area (Å²) < 4.78 is 0. The van der Waals surface area contributed by atoms with E-state index in [1.807, 2.05) is 0 Å². The van der Waals surface area contributed by atoms with Crippen LogP contribution in [0, 0.1) is 11.8 Å². The fraction of sp³-hybridized carbons (Fsp3) is 1.00. The Bertz CT molecular complexity index is 165. The van der Waals surface area contributed by atoms with Crippen LogP contribution >= 0.6 is 0 Å². The van der Waals surface area contributed by atoms with E-state index in [1.165, 1.54) is 25.7 Å². The molecule has 1 saturated carbocycles. The third kappa shape index (κ3) is 4.00. The topological polar surface area (TPSA) is 20.2 Å². The first-order chi connectivity index (χ1) is 6.52. The molecule has 0 heterocycles. The van der Waals surface area contributed by atoms with Crippen LogP contribution in [0.15, 0.2) is 0 Å². The van der Waals surface area contributed by atoms with Gasteiger partial charge in [0, 0.05) is 0 Å². The first-order valence-electron chi connectivity index (χ1n) is 6.24. The maximum Gasteiger partial charge on any atom is 0.0648 e. The quantitative estimate of drug-likeness (QED) is 0.685. The standard InChI is InChI=1S/C13H26O/c1-11(2)6-9-13(14)8-4-5-12(3)7-10-13/h11-12,14H,4-10H2,1-3H3. The molecule has 1 nitrogen and oxygen atoms in total. The molecule has 14 heavy (non-hydrogen) atoms. The second-order valence-corrected chi connectivity index (χ2v) is 5.69. The first kappa shape index (κ1) is 12.0. The maximum absolute atomic E-state index is 10.4. The van der Waals surface area contributed by atoms with Gasteiger partial charge in [0.2, 0.25) is 0 Å². The lowest BCUT2D eigenvalue weighted by Crippen LogP contribution is -2.28. The van der Waals surface area contributed by atoms with Crippen LogP contribution in [0.4, 0.5) is 0 Å². The van der Waals surface area contributed by atoms with Crippen LogP contribution in [0.2, 0.25) is 0 Å². The van der Waals surface area contributed by atoms with Crippen molar-refractivity contribution in [2.75, 3.05) is 0 Å². The molecule has 1 fully saturated rings. The largest absolute Gasteiger partial charge is 0.390 e. The molecule has 0 spiro atoms. The molecule has 1 aliphatic rings. The van der Waals surface area contributed by atoms with Crippen LogP contribution in [0.5, 0.6) is 0 Å². The lowest BCUT2D eigenvalue weighted by Gasteiger charge is -2.27. The van der Waals surface area contributed by atoms with Gasteiger partial charge in [0.15, 0.2) is 0 Å². The highest BCUT2D eigenvalue weighted by atomic mass is 16.3. The molecule has 1 aliphatic carbocycles. The Morgan fingerprint density at radius 3 is 2.64 bits per heavy atom. The minimum atomic E-state index is -0.324. The van der Waals surface area contributed by atoms with E-state index in [0.29, 0.717) is 0 Å². The Labute approximate surface area is 88.9 Å². The SMILES string of the molecule is CC(C)CCC1(O)CCCC(C)CC1. The minimum absolute atomic E-state index is 0.324. The summed E-state index contributed by atoms with van der Waals surface area (Å²) in [6, 6.07) is 0. The number of rotatable bonds is 3. The molecule has 1 rings (SSSR count). The summed E-state index contributed by atoms with van der Waals surface area (Å²) in [7, 11) is 0. The summed E-state index contributed by atoms with van der Waals surface area (Å²) >= 11 is 0. The molecule has 0 aromatic heterocycles. The van der Waals surface area contributed by atoms with Gasteiger partial charge >= 0.3 is 0 Å². The van der Waals surface area contributed by atoms with Gasteiger partial charge in [0.05, 0.1) is 5.60 Å².